The quantitative estimate of drug-likeness (QED) is 0.209. The standard InChI is InChI=1S/C26H33N7O3/c1-2-19-6-8-20(9-7-19)21-16-32(17-22(21)29-25(34)18-31-13-3-4-14-31)15-5-12-28-24-11-10-23(33(35)36)26(27)30-24/h6-11,16-17H,2-5,12-15,18H2,1H3,(H,29,34)(H3,27,28,30). The van der Waals surface area contributed by atoms with Gasteiger partial charge >= 0.3 is 5.69 Å². The third-order valence-electron chi connectivity index (χ3n) is 6.39. The van der Waals surface area contributed by atoms with Crippen LogP contribution in [-0.4, -0.2) is 51.5 Å². The maximum Gasteiger partial charge on any atom is 0.311 e. The van der Waals surface area contributed by atoms with Gasteiger partial charge in [-0.3, -0.25) is 19.8 Å². The highest BCUT2D eigenvalue weighted by Gasteiger charge is 2.18. The van der Waals surface area contributed by atoms with Gasteiger partial charge in [-0.15, -0.1) is 0 Å². The number of nitrogens with zero attached hydrogens (tertiary/aromatic N) is 4. The summed E-state index contributed by atoms with van der Waals surface area (Å²) in [5, 5.41) is 17.2. The normalized spacial score (nSPS) is 13.6. The zero-order chi connectivity index (χ0) is 25.5. The second kappa shape index (κ2) is 11.7. The number of pyridine rings is 1. The number of nitrogen functional groups attached to an aromatic ring is 1. The Kier molecular flexibility index (Phi) is 8.17. The minimum Gasteiger partial charge on any atom is -0.378 e. The van der Waals surface area contributed by atoms with Crippen molar-refractivity contribution in [1.82, 2.24) is 14.5 Å². The van der Waals surface area contributed by atoms with Crippen molar-refractivity contribution in [3.63, 3.8) is 0 Å². The highest BCUT2D eigenvalue weighted by molar-refractivity contribution is 5.96. The number of anilines is 3. The van der Waals surface area contributed by atoms with Gasteiger partial charge in [0, 0.05) is 37.1 Å². The maximum atomic E-state index is 12.7. The number of hydrogen-bond donors (Lipinski definition) is 3. The average Bonchev–Trinajstić information content (AvgIpc) is 3.51. The maximum absolute atomic E-state index is 12.7. The van der Waals surface area contributed by atoms with Gasteiger partial charge < -0.3 is 20.9 Å². The number of aromatic nitrogens is 2. The Labute approximate surface area is 210 Å². The fourth-order valence-electron chi connectivity index (χ4n) is 4.42. The van der Waals surface area contributed by atoms with Gasteiger partial charge in [-0.2, -0.15) is 0 Å². The first-order chi connectivity index (χ1) is 17.4. The van der Waals surface area contributed by atoms with Crippen LogP contribution >= 0.6 is 0 Å². The van der Waals surface area contributed by atoms with Crippen LogP contribution < -0.4 is 16.4 Å². The van der Waals surface area contributed by atoms with E-state index < -0.39 is 4.92 Å². The summed E-state index contributed by atoms with van der Waals surface area (Å²) in [6.07, 6.45) is 8.09. The molecule has 4 N–H and O–H groups in total. The summed E-state index contributed by atoms with van der Waals surface area (Å²) >= 11 is 0. The molecule has 190 valence electrons. The van der Waals surface area contributed by atoms with Crippen molar-refractivity contribution in [3.8, 4) is 11.1 Å². The van der Waals surface area contributed by atoms with Gasteiger partial charge in [0.15, 0.2) is 0 Å². The second-order valence-corrected chi connectivity index (χ2v) is 9.04. The summed E-state index contributed by atoms with van der Waals surface area (Å²) in [5.41, 5.74) is 9.59. The summed E-state index contributed by atoms with van der Waals surface area (Å²) < 4.78 is 2.08. The molecule has 1 saturated heterocycles. The first-order valence-electron chi connectivity index (χ1n) is 12.4. The molecule has 0 atom stereocenters. The zero-order valence-electron chi connectivity index (χ0n) is 20.6. The molecule has 36 heavy (non-hydrogen) atoms. The summed E-state index contributed by atoms with van der Waals surface area (Å²) in [6, 6.07) is 11.3. The van der Waals surface area contributed by atoms with E-state index in [2.05, 4.69) is 62.5 Å². The molecule has 0 unspecified atom stereocenters. The number of nitrogens with one attached hydrogen (secondary N) is 2. The lowest BCUT2D eigenvalue weighted by Crippen LogP contribution is -2.30. The largest absolute Gasteiger partial charge is 0.378 e. The Balaban J connectivity index is 1.41. The third-order valence-corrected chi connectivity index (χ3v) is 6.39. The van der Waals surface area contributed by atoms with E-state index in [0.29, 0.717) is 18.9 Å². The molecule has 3 heterocycles. The minimum absolute atomic E-state index is 0.00424. The van der Waals surface area contributed by atoms with E-state index in [4.69, 9.17) is 5.73 Å². The molecule has 1 fully saturated rings. The molecule has 3 aromatic rings. The van der Waals surface area contributed by atoms with E-state index in [-0.39, 0.29) is 17.4 Å². The van der Waals surface area contributed by atoms with Crippen molar-refractivity contribution in [3.05, 3.63) is 64.5 Å². The van der Waals surface area contributed by atoms with Crippen LogP contribution in [0.15, 0.2) is 48.8 Å². The van der Waals surface area contributed by atoms with Crippen LogP contribution in [0.2, 0.25) is 0 Å². The number of carbonyl (C=O) groups excluding carboxylic acids is 1. The van der Waals surface area contributed by atoms with E-state index in [1.807, 2.05) is 6.20 Å². The van der Waals surface area contributed by atoms with Gasteiger partial charge in [0.1, 0.15) is 5.82 Å². The molecule has 0 spiro atoms. The molecule has 1 amide bonds. The number of nitro groups is 1. The van der Waals surface area contributed by atoms with Crippen molar-refractivity contribution in [2.45, 2.75) is 39.2 Å². The Hall–Kier alpha value is -3.92. The number of rotatable bonds is 11. The van der Waals surface area contributed by atoms with E-state index >= 15 is 0 Å². The number of amides is 1. The monoisotopic (exact) mass is 491 g/mol. The molecular formula is C26H33N7O3. The van der Waals surface area contributed by atoms with Crippen molar-refractivity contribution in [1.29, 1.82) is 0 Å². The summed E-state index contributed by atoms with van der Waals surface area (Å²) in [5.74, 6) is 0.394. The summed E-state index contributed by atoms with van der Waals surface area (Å²) in [7, 11) is 0. The highest BCUT2D eigenvalue weighted by atomic mass is 16.6. The van der Waals surface area contributed by atoms with Crippen LogP contribution in [0, 0.1) is 10.1 Å². The third kappa shape index (κ3) is 6.39. The number of aryl methyl sites for hydroxylation is 2. The number of carbonyl (C=O) groups is 1. The van der Waals surface area contributed by atoms with Crippen LogP contribution in [-0.2, 0) is 17.8 Å². The van der Waals surface area contributed by atoms with Crippen LogP contribution in [0.4, 0.5) is 23.0 Å². The Bertz CT molecular complexity index is 1200. The highest BCUT2D eigenvalue weighted by Crippen LogP contribution is 2.30. The van der Waals surface area contributed by atoms with Gasteiger partial charge in [-0.25, -0.2) is 4.98 Å². The van der Waals surface area contributed by atoms with E-state index in [9.17, 15) is 14.9 Å². The lowest BCUT2D eigenvalue weighted by atomic mass is 10.0. The number of hydrogen-bond acceptors (Lipinski definition) is 7. The number of likely N-dealkylation sites (tertiary alicyclic amines) is 1. The van der Waals surface area contributed by atoms with E-state index in [1.165, 1.54) is 11.6 Å². The van der Waals surface area contributed by atoms with Crippen molar-refractivity contribution in [2.75, 3.05) is 42.5 Å². The molecule has 4 rings (SSSR count). The minimum atomic E-state index is -0.549. The van der Waals surface area contributed by atoms with Gasteiger partial charge in [0.25, 0.3) is 0 Å². The smallest absolute Gasteiger partial charge is 0.311 e. The van der Waals surface area contributed by atoms with Crippen LogP contribution in [0.3, 0.4) is 0 Å². The predicted octanol–water partition coefficient (Wildman–Crippen LogP) is 4.14. The summed E-state index contributed by atoms with van der Waals surface area (Å²) in [4.78, 5) is 29.3. The molecule has 10 heteroatoms. The van der Waals surface area contributed by atoms with Gasteiger partial charge in [0.2, 0.25) is 11.7 Å². The molecule has 1 aliphatic heterocycles. The molecule has 0 radical (unpaired) electrons. The van der Waals surface area contributed by atoms with Crippen molar-refractivity contribution < 1.29 is 9.72 Å². The SMILES string of the molecule is CCc1ccc(-c2cn(CCCNc3ccc([N+](=O)[O-])c(N)n3)cc2NC(=O)CN2CCCC2)cc1. The molecule has 1 aliphatic rings. The number of nitrogens with two attached hydrogens (primary N) is 1. The first-order valence-corrected chi connectivity index (χ1v) is 12.4. The van der Waals surface area contributed by atoms with Crippen molar-refractivity contribution >= 4 is 28.9 Å². The number of benzene rings is 1. The van der Waals surface area contributed by atoms with Gasteiger partial charge in [0.05, 0.1) is 17.2 Å². The molecular weight excluding hydrogens is 458 g/mol. The Morgan fingerprint density at radius 1 is 1.14 bits per heavy atom. The molecule has 0 aliphatic carbocycles. The molecule has 0 bridgehead atoms. The van der Waals surface area contributed by atoms with Gasteiger partial charge in [-0.1, -0.05) is 31.2 Å². The molecule has 10 nitrogen and oxygen atoms in total. The van der Waals surface area contributed by atoms with Crippen LogP contribution in [0.25, 0.3) is 11.1 Å². The van der Waals surface area contributed by atoms with E-state index in [1.54, 1.807) is 6.07 Å². The van der Waals surface area contributed by atoms with E-state index in [0.717, 1.165) is 62.1 Å². The van der Waals surface area contributed by atoms with Crippen molar-refractivity contribution in [2.24, 2.45) is 0 Å². The average molecular weight is 492 g/mol. The Morgan fingerprint density at radius 3 is 2.56 bits per heavy atom. The lowest BCUT2D eigenvalue weighted by molar-refractivity contribution is -0.384. The first kappa shape index (κ1) is 25.2. The van der Waals surface area contributed by atoms with Crippen LogP contribution in [0.1, 0.15) is 31.7 Å². The zero-order valence-corrected chi connectivity index (χ0v) is 20.6. The molecule has 0 saturated carbocycles. The molecule has 1 aromatic carbocycles. The lowest BCUT2D eigenvalue weighted by Gasteiger charge is -2.14. The summed E-state index contributed by atoms with van der Waals surface area (Å²) in [6.45, 7) is 5.82. The second-order valence-electron chi connectivity index (χ2n) is 9.04. The topological polar surface area (TPSA) is 131 Å². The predicted molar refractivity (Wildman–Crippen MR) is 142 cm³/mol. The van der Waals surface area contributed by atoms with Gasteiger partial charge in [-0.05, 0) is 56.0 Å². The molecule has 2 aromatic heterocycles. The fraction of sp³-hybridized carbons (Fsp3) is 0.385. The fourth-order valence-corrected chi connectivity index (χ4v) is 4.42. The van der Waals surface area contributed by atoms with Crippen LogP contribution in [0.5, 0.6) is 0 Å². The Morgan fingerprint density at radius 2 is 1.89 bits per heavy atom.